The van der Waals surface area contributed by atoms with Crippen molar-refractivity contribution in [3.05, 3.63) is 48.0 Å². The Balaban J connectivity index is 1.68. The Kier molecular flexibility index (Phi) is 4.79. The molecule has 3 rings (SSSR count). The molecule has 0 saturated heterocycles. The highest BCUT2D eigenvalue weighted by Crippen LogP contribution is 2.22. The van der Waals surface area contributed by atoms with Crippen molar-refractivity contribution in [3.8, 4) is 11.4 Å². The molecule has 3 aromatic rings. The van der Waals surface area contributed by atoms with Gasteiger partial charge in [-0.15, -0.1) is 0 Å². The molecular weight excluding hydrogens is 318 g/mol. The van der Waals surface area contributed by atoms with Crippen LogP contribution >= 0.6 is 0 Å². The van der Waals surface area contributed by atoms with Crippen LogP contribution in [-0.2, 0) is 14.3 Å². The minimum absolute atomic E-state index is 0.0683. The second-order valence-electron chi connectivity index (χ2n) is 5.81. The number of imidazole rings is 1. The Hall–Kier alpha value is -3.15. The number of nitrogens with zero attached hydrogens (tertiary/aromatic N) is 1. The van der Waals surface area contributed by atoms with E-state index in [9.17, 15) is 9.59 Å². The first-order valence-corrected chi connectivity index (χ1v) is 7.98. The number of aromatic amines is 1. The van der Waals surface area contributed by atoms with Gasteiger partial charge in [0, 0.05) is 17.7 Å². The molecule has 0 bridgehead atoms. The van der Waals surface area contributed by atoms with E-state index in [1.54, 1.807) is 0 Å². The lowest BCUT2D eigenvalue weighted by molar-refractivity contribution is -0.141. The molecule has 0 atom stereocenters. The first-order chi connectivity index (χ1) is 12.0. The van der Waals surface area contributed by atoms with Gasteiger partial charge in [0.2, 0.25) is 5.91 Å². The van der Waals surface area contributed by atoms with Gasteiger partial charge in [0.15, 0.2) is 0 Å². The van der Waals surface area contributed by atoms with Crippen LogP contribution in [0.15, 0.2) is 42.5 Å². The number of hydrogen-bond donors (Lipinski definition) is 2. The summed E-state index contributed by atoms with van der Waals surface area (Å²) in [6.45, 7) is 2.04. The Morgan fingerprint density at radius 2 is 1.88 bits per heavy atom. The Bertz CT molecular complexity index is 913. The van der Waals surface area contributed by atoms with E-state index in [2.05, 4.69) is 26.1 Å². The first-order valence-electron chi connectivity index (χ1n) is 7.98. The summed E-state index contributed by atoms with van der Waals surface area (Å²) in [5, 5.41) is 2.76. The number of rotatable bonds is 5. The van der Waals surface area contributed by atoms with Gasteiger partial charge in [-0.05, 0) is 48.9 Å². The third-order valence-corrected chi connectivity index (χ3v) is 3.86. The number of carbonyl (C=O) groups excluding carboxylic acids is 2. The number of anilines is 1. The maximum Gasteiger partial charge on any atom is 0.306 e. The quantitative estimate of drug-likeness (QED) is 0.699. The van der Waals surface area contributed by atoms with Crippen LogP contribution in [0.25, 0.3) is 22.4 Å². The second-order valence-corrected chi connectivity index (χ2v) is 5.81. The van der Waals surface area contributed by atoms with Gasteiger partial charge in [-0.25, -0.2) is 4.98 Å². The average Bonchev–Trinajstić information content (AvgIpc) is 3.03. The van der Waals surface area contributed by atoms with Gasteiger partial charge >= 0.3 is 5.97 Å². The molecule has 0 aliphatic heterocycles. The van der Waals surface area contributed by atoms with E-state index in [4.69, 9.17) is 0 Å². The van der Waals surface area contributed by atoms with Crippen molar-refractivity contribution in [2.24, 2.45) is 0 Å². The fourth-order valence-corrected chi connectivity index (χ4v) is 2.51. The summed E-state index contributed by atoms with van der Waals surface area (Å²) in [6.07, 6.45) is 0.163. The average molecular weight is 337 g/mol. The first kappa shape index (κ1) is 16.7. The van der Waals surface area contributed by atoms with Crippen LogP contribution in [0.1, 0.15) is 18.4 Å². The van der Waals surface area contributed by atoms with Gasteiger partial charge in [-0.3, -0.25) is 9.59 Å². The zero-order valence-corrected chi connectivity index (χ0v) is 14.1. The number of fused-ring (bicyclic) bond motifs is 1. The lowest BCUT2D eigenvalue weighted by Crippen LogP contribution is -2.13. The number of H-pyrrole nitrogens is 1. The van der Waals surface area contributed by atoms with E-state index in [1.807, 2.05) is 43.3 Å². The molecule has 0 aliphatic carbocycles. The molecule has 1 aromatic heterocycles. The molecule has 6 nitrogen and oxygen atoms in total. The topological polar surface area (TPSA) is 84.1 Å². The molecule has 1 heterocycles. The number of esters is 1. The number of carbonyl (C=O) groups is 2. The summed E-state index contributed by atoms with van der Waals surface area (Å²) < 4.78 is 4.52. The normalized spacial score (nSPS) is 10.6. The highest BCUT2D eigenvalue weighted by molar-refractivity contribution is 5.92. The molecule has 0 saturated carbocycles. The van der Waals surface area contributed by atoms with Crippen LogP contribution < -0.4 is 5.32 Å². The van der Waals surface area contributed by atoms with Crippen molar-refractivity contribution in [3.63, 3.8) is 0 Å². The molecule has 6 heteroatoms. The molecule has 2 N–H and O–H groups in total. The van der Waals surface area contributed by atoms with Crippen molar-refractivity contribution < 1.29 is 14.3 Å². The molecule has 0 radical (unpaired) electrons. The van der Waals surface area contributed by atoms with Crippen molar-refractivity contribution in [2.75, 3.05) is 12.4 Å². The lowest BCUT2D eigenvalue weighted by atomic mass is 10.2. The van der Waals surface area contributed by atoms with Crippen LogP contribution in [-0.4, -0.2) is 29.0 Å². The Morgan fingerprint density at radius 1 is 1.12 bits per heavy atom. The molecule has 0 aliphatic rings. The van der Waals surface area contributed by atoms with Gasteiger partial charge in [-0.2, -0.15) is 0 Å². The second kappa shape index (κ2) is 7.17. The van der Waals surface area contributed by atoms with Gasteiger partial charge in [0.1, 0.15) is 5.82 Å². The SMILES string of the molecule is COC(=O)CCC(=O)Nc1ccc(-c2nc3ccc(C)cc3[nH]2)cc1. The third kappa shape index (κ3) is 4.03. The highest BCUT2D eigenvalue weighted by atomic mass is 16.5. The number of amides is 1. The fraction of sp³-hybridized carbons (Fsp3) is 0.211. The molecule has 0 spiro atoms. The van der Waals surface area contributed by atoms with Crippen molar-refractivity contribution >= 4 is 28.6 Å². The standard InChI is InChI=1S/C19H19N3O3/c1-12-3-8-15-16(11-12)22-19(21-15)13-4-6-14(7-5-13)20-17(23)9-10-18(24)25-2/h3-8,11H,9-10H2,1-2H3,(H,20,23)(H,21,22). The number of aryl methyl sites for hydroxylation is 1. The minimum atomic E-state index is -0.398. The molecule has 1 amide bonds. The lowest BCUT2D eigenvalue weighted by Gasteiger charge is -2.05. The van der Waals surface area contributed by atoms with Gasteiger partial charge < -0.3 is 15.0 Å². The van der Waals surface area contributed by atoms with Crippen molar-refractivity contribution in [2.45, 2.75) is 19.8 Å². The van der Waals surface area contributed by atoms with Gasteiger partial charge in [0.05, 0.1) is 24.6 Å². The number of aromatic nitrogens is 2. The summed E-state index contributed by atoms with van der Waals surface area (Å²) in [7, 11) is 1.30. The Morgan fingerprint density at radius 3 is 2.60 bits per heavy atom. The summed E-state index contributed by atoms with van der Waals surface area (Å²) in [4.78, 5) is 30.7. The maximum atomic E-state index is 11.8. The molecular formula is C19H19N3O3. The molecule has 128 valence electrons. The fourth-order valence-electron chi connectivity index (χ4n) is 2.51. The summed E-state index contributed by atoms with van der Waals surface area (Å²) in [5.74, 6) is 0.159. The summed E-state index contributed by atoms with van der Waals surface area (Å²) in [5.41, 5.74) is 4.69. The largest absolute Gasteiger partial charge is 0.469 e. The zero-order valence-electron chi connectivity index (χ0n) is 14.1. The van der Waals surface area contributed by atoms with Crippen LogP contribution in [0, 0.1) is 6.92 Å². The van der Waals surface area contributed by atoms with Crippen LogP contribution in [0.2, 0.25) is 0 Å². The van der Waals surface area contributed by atoms with Gasteiger partial charge in [0.25, 0.3) is 0 Å². The van der Waals surface area contributed by atoms with Gasteiger partial charge in [-0.1, -0.05) is 6.07 Å². The van der Waals surface area contributed by atoms with E-state index in [0.717, 1.165) is 22.4 Å². The molecule has 25 heavy (non-hydrogen) atoms. The maximum absolute atomic E-state index is 11.8. The monoisotopic (exact) mass is 337 g/mol. The van der Waals surface area contributed by atoms with Crippen molar-refractivity contribution in [1.82, 2.24) is 9.97 Å². The predicted molar refractivity (Wildman–Crippen MR) is 96.1 cm³/mol. The smallest absolute Gasteiger partial charge is 0.306 e. The predicted octanol–water partition coefficient (Wildman–Crippen LogP) is 3.43. The van der Waals surface area contributed by atoms with Crippen LogP contribution in [0.3, 0.4) is 0 Å². The minimum Gasteiger partial charge on any atom is -0.469 e. The molecule has 0 fully saturated rings. The summed E-state index contributed by atoms with van der Waals surface area (Å²) in [6, 6.07) is 13.5. The number of benzene rings is 2. The van der Waals surface area contributed by atoms with E-state index in [-0.39, 0.29) is 18.7 Å². The third-order valence-electron chi connectivity index (χ3n) is 3.86. The zero-order chi connectivity index (χ0) is 17.8. The van der Waals surface area contributed by atoms with Crippen LogP contribution in [0.5, 0.6) is 0 Å². The molecule has 0 unspecified atom stereocenters. The van der Waals surface area contributed by atoms with E-state index in [1.165, 1.54) is 12.7 Å². The van der Waals surface area contributed by atoms with Crippen molar-refractivity contribution in [1.29, 1.82) is 0 Å². The number of methoxy groups -OCH3 is 1. The van der Waals surface area contributed by atoms with E-state index >= 15 is 0 Å². The van der Waals surface area contributed by atoms with E-state index in [0.29, 0.717) is 5.69 Å². The van der Waals surface area contributed by atoms with Crippen LogP contribution in [0.4, 0.5) is 5.69 Å². The number of ether oxygens (including phenoxy) is 1. The molecule has 2 aromatic carbocycles. The van der Waals surface area contributed by atoms with E-state index < -0.39 is 5.97 Å². The number of nitrogens with one attached hydrogen (secondary N) is 2. The number of hydrogen-bond acceptors (Lipinski definition) is 4. The summed E-state index contributed by atoms with van der Waals surface area (Å²) >= 11 is 0. The highest BCUT2D eigenvalue weighted by Gasteiger charge is 2.08. The Labute approximate surface area is 145 Å².